The van der Waals surface area contributed by atoms with Gasteiger partial charge in [-0.05, 0) is 30.7 Å². The summed E-state index contributed by atoms with van der Waals surface area (Å²) >= 11 is 6.84. The lowest BCUT2D eigenvalue weighted by atomic mass is 10.2. The number of hydrazine groups is 1. The maximum Gasteiger partial charge on any atom is 0.343 e. The molecular formula is C15H18ClN5O4S. The third-order valence-electron chi connectivity index (χ3n) is 3.21. The largest absolute Gasteiger partial charge is 0.385 e. The maximum atomic E-state index is 11.9. The number of aromatic nitrogens is 3. The molecule has 0 aliphatic rings. The predicted molar refractivity (Wildman–Crippen MR) is 97.1 cm³/mol. The molecule has 140 valence electrons. The topological polar surface area (TPSA) is 118 Å². The number of hydrogen-bond acceptors (Lipinski definition) is 6. The highest BCUT2D eigenvalue weighted by Gasteiger charge is 2.12. The van der Waals surface area contributed by atoms with Gasteiger partial charge in [0.1, 0.15) is 0 Å². The van der Waals surface area contributed by atoms with Gasteiger partial charge in [-0.1, -0.05) is 23.4 Å². The zero-order chi connectivity index (χ0) is 18.9. The molecule has 9 nitrogen and oxygen atoms in total. The molecule has 0 radical (unpaired) electrons. The lowest BCUT2D eigenvalue weighted by Gasteiger charge is -2.08. The second kappa shape index (κ2) is 10.00. The number of amides is 2. The molecule has 1 aromatic heterocycles. The Hall–Kier alpha value is -2.30. The highest BCUT2D eigenvalue weighted by Crippen LogP contribution is 2.13. The molecule has 1 aromatic carbocycles. The Morgan fingerprint density at radius 3 is 2.73 bits per heavy atom. The molecule has 0 bridgehead atoms. The van der Waals surface area contributed by atoms with E-state index in [-0.39, 0.29) is 11.4 Å². The summed E-state index contributed by atoms with van der Waals surface area (Å²) in [4.78, 5) is 35.5. The van der Waals surface area contributed by atoms with Gasteiger partial charge in [-0.3, -0.25) is 25.0 Å². The van der Waals surface area contributed by atoms with Crippen molar-refractivity contribution in [2.24, 2.45) is 0 Å². The van der Waals surface area contributed by atoms with Crippen LogP contribution >= 0.6 is 23.4 Å². The van der Waals surface area contributed by atoms with Gasteiger partial charge in [0.15, 0.2) is 5.16 Å². The van der Waals surface area contributed by atoms with Gasteiger partial charge < -0.3 is 4.74 Å². The Balaban J connectivity index is 1.81. The minimum Gasteiger partial charge on any atom is -0.385 e. The molecule has 2 amide bonds. The Morgan fingerprint density at radius 2 is 2.04 bits per heavy atom. The number of H-pyrrole nitrogens is 1. The maximum absolute atomic E-state index is 11.9. The lowest BCUT2D eigenvalue weighted by Crippen LogP contribution is -2.42. The highest BCUT2D eigenvalue weighted by atomic mass is 35.5. The molecule has 2 rings (SSSR count). The van der Waals surface area contributed by atoms with E-state index < -0.39 is 11.8 Å². The van der Waals surface area contributed by atoms with E-state index in [1.807, 2.05) is 0 Å². The molecule has 2 aromatic rings. The summed E-state index contributed by atoms with van der Waals surface area (Å²) in [5, 5.41) is 7.14. The standard InChI is InChI=1S/C15H18ClN5O4S/c1-25-8-2-7-21-14(24)19-20-15(21)26-9-12(22)17-18-13(23)10-3-5-11(16)6-4-10/h3-6H,2,7-9H2,1H3,(H,17,22)(H,18,23)(H,19,24). The molecule has 0 unspecified atom stereocenters. The SMILES string of the molecule is COCCCn1c(SCC(=O)NNC(=O)c2ccc(Cl)cc2)n[nH]c1=O. The van der Waals surface area contributed by atoms with Crippen LogP contribution in [0.2, 0.25) is 5.02 Å². The molecule has 0 spiro atoms. The van der Waals surface area contributed by atoms with Crippen molar-refractivity contribution in [3.63, 3.8) is 0 Å². The third-order valence-corrected chi connectivity index (χ3v) is 4.44. The normalized spacial score (nSPS) is 10.5. The fraction of sp³-hybridized carbons (Fsp3) is 0.333. The minimum atomic E-state index is -0.462. The van der Waals surface area contributed by atoms with Crippen molar-refractivity contribution in [1.82, 2.24) is 25.6 Å². The summed E-state index contributed by atoms with van der Waals surface area (Å²) in [6.07, 6.45) is 0.646. The molecule has 0 atom stereocenters. The smallest absolute Gasteiger partial charge is 0.343 e. The number of carbonyl (C=O) groups excluding carboxylic acids is 2. The van der Waals surface area contributed by atoms with Crippen LogP contribution in [0.4, 0.5) is 0 Å². The number of nitrogens with one attached hydrogen (secondary N) is 3. The van der Waals surface area contributed by atoms with Crippen LogP contribution in [0, 0.1) is 0 Å². The van der Waals surface area contributed by atoms with Gasteiger partial charge in [0.05, 0.1) is 5.75 Å². The number of rotatable bonds is 8. The first-order valence-corrected chi connectivity index (χ1v) is 8.99. The van der Waals surface area contributed by atoms with E-state index in [0.717, 1.165) is 11.8 Å². The number of carbonyl (C=O) groups is 2. The van der Waals surface area contributed by atoms with Gasteiger partial charge in [-0.15, -0.1) is 5.10 Å². The van der Waals surface area contributed by atoms with E-state index in [4.69, 9.17) is 16.3 Å². The van der Waals surface area contributed by atoms with Crippen LogP contribution in [0.5, 0.6) is 0 Å². The van der Waals surface area contributed by atoms with Crippen LogP contribution in [0.25, 0.3) is 0 Å². The first kappa shape index (κ1) is 20.0. The fourth-order valence-corrected chi connectivity index (χ4v) is 2.84. The average molecular weight is 400 g/mol. The minimum absolute atomic E-state index is 0.0184. The van der Waals surface area contributed by atoms with Crippen molar-refractivity contribution in [3.05, 3.63) is 45.3 Å². The zero-order valence-electron chi connectivity index (χ0n) is 14.0. The summed E-state index contributed by atoms with van der Waals surface area (Å²) in [6.45, 7) is 0.944. The van der Waals surface area contributed by atoms with Crippen molar-refractivity contribution in [3.8, 4) is 0 Å². The van der Waals surface area contributed by atoms with Gasteiger partial charge in [-0.25, -0.2) is 9.89 Å². The van der Waals surface area contributed by atoms with Crippen LogP contribution in [-0.4, -0.2) is 46.0 Å². The highest BCUT2D eigenvalue weighted by molar-refractivity contribution is 7.99. The number of benzene rings is 1. The fourth-order valence-electron chi connectivity index (χ4n) is 1.94. The van der Waals surface area contributed by atoms with E-state index in [2.05, 4.69) is 21.0 Å². The molecule has 1 heterocycles. The average Bonchev–Trinajstić information content (AvgIpc) is 2.99. The molecule has 11 heteroatoms. The van der Waals surface area contributed by atoms with Crippen molar-refractivity contribution in [2.75, 3.05) is 19.5 Å². The molecule has 0 saturated carbocycles. The van der Waals surface area contributed by atoms with E-state index in [1.54, 1.807) is 31.4 Å². The predicted octanol–water partition coefficient (Wildman–Crippen LogP) is 0.815. The quantitative estimate of drug-likeness (QED) is 0.343. The van der Waals surface area contributed by atoms with Crippen LogP contribution in [0.3, 0.4) is 0 Å². The molecule has 0 saturated heterocycles. The zero-order valence-corrected chi connectivity index (χ0v) is 15.5. The number of ether oxygens (including phenoxy) is 1. The summed E-state index contributed by atoms with van der Waals surface area (Å²) in [5.74, 6) is -0.914. The monoisotopic (exact) mass is 399 g/mol. The summed E-state index contributed by atoms with van der Waals surface area (Å²) < 4.78 is 6.38. The van der Waals surface area contributed by atoms with Crippen LogP contribution in [0.1, 0.15) is 16.8 Å². The van der Waals surface area contributed by atoms with Crippen LogP contribution in [0.15, 0.2) is 34.2 Å². The number of nitrogens with zero attached hydrogens (tertiary/aromatic N) is 2. The molecule has 26 heavy (non-hydrogen) atoms. The molecule has 0 fully saturated rings. The summed E-state index contributed by atoms with van der Waals surface area (Å²) in [6, 6.07) is 6.24. The second-order valence-electron chi connectivity index (χ2n) is 5.11. The summed E-state index contributed by atoms with van der Waals surface area (Å²) in [7, 11) is 1.58. The molecule has 0 aliphatic heterocycles. The van der Waals surface area contributed by atoms with Crippen molar-refractivity contribution < 1.29 is 14.3 Å². The second-order valence-corrected chi connectivity index (χ2v) is 6.49. The number of methoxy groups -OCH3 is 1. The van der Waals surface area contributed by atoms with Gasteiger partial charge in [0.2, 0.25) is 5.91 Å². The Morgan fingerprint density at radius 1 is 1.31 bits per heavy atom. The van der Waals surface area contributed by atoms with E-state index in [0.29, 0.717) is 35.3 Å². The van der Waals surface area contributed by atoms with Crippen molar-refractivity contribution >= 4 is 35.2 Å². The first-order valence-electron chi connectivity index (χ1n) is 7.63. The Kier molecular flexibility index (Phi) is 7.70. The van der Waals surface area contributed by atoms with Crippen molar-refractivity contribution in [1.29, 1.82) is 0 Å². The molecule has 3 N–H and O–H groups in total. The van der Waals surface area contributed by atoms with Gasteiger partial charge in [0, 0.05) is 30.8 Å². The Labute approximate surface area is 158 Å². The Bertz CT molecular complexity index is 805. The first-order chi connectivity index (χ1) is 12.5. The van der Waals surface area contributed by atoms with Crippen LogP contribution in [-0.2, 0) is 16.1 Å². The van der Waals surface area contributed by atoms with E-state index >= 15 is 0 Å². The van der Waals surface area contributed by atoms with Gasteiger partial charge in [0.25, 0.3) is 5.91 Å². The van der Waals surface area contributed by atoms with E-state index in [1.165, 1.54) is 4.57 Å². The molecular weight excluding hydrogens is 382 g/mol. The number of aromatic amines is 1. The van der Waals surface area contributed by atoms with Gasteiger partial charge >= 0.3 is 5.69 Å². The number of thioether (sulfide) groups is 1. The number of hydrogen-bond donors (Lipinski definition) is 3. The third kappa shape index (κ3) is 5.90. The number of halogens is 1. The van der Waals surface area contributed by atoms with Crippen molar-refractivity contribution in [2.45, 2.75) is 18.1 Å². The molecule has 0 aliphatic carbocycles. The van der Waals surface area contributed by atoms with Gasteiger partial charge in [-0.2, -0.15) is 0 Å². The summed E-state index contributed by atoms with van der Waals surface area (Å²) in [5.41, 5.74) is 4.63. The lowest BCUT2D eigenvalue weighted by molar-refractivity contribution is -0.119. The van der Waals surface area contributed by atoms with Crippen LogP contribution < -0.4 is 16.5 Å². The van der Waals surface area contributed by atoms with E-state index in [9.17, 15) is 14.4 Å².